The van der Waals surface area contributed by atoms with Crippen LogP contribution in [0.3, 0.4) is 0 Å². The maximum Gasteiger partial charge on any atom is 0.253 e. The Kier molecular flexibility index (Phi) is 5.71. The fourth-order valence-electron chi connectivity index (χ4n) is 3.21. The summed E-state index contributed by atoms with van der Waals surface area (Å²) in [5, 5.41) is 9.78. The lowest BCUT2D eigenvalue weighted by molar-refractivity contribution is 0.0466. The Bertz CT molecular complexity index is 682. The van der Waals surface area contributed by atoms with E-state index in [1.807, 2.05) is 59.5 Å². The zero-order valence-corrected chi connectivity index (χ0v) is 14.6. The van der Waals surface area contributed by atoms with Gasteiger partial charge in [0, 0.05) is 24.6 Å². The first-order valence-electron chi connectivity index (χ1n) is 8.87. The number of nitrogens with zero attached hydrogens (tertiary/aromatic N) is 1. The first-order valence-corrected chi connectivity index (χ1v) is 8.87. The Morgan fingerprint density at radius 2 is 1.92 bits per heavy atom. The molecule has 1 fully saturated rings. The molecule has 0 spiro atoms. The van der Waals surface area contributed by atoms with E-state index in [1.165, 1.54) is 0 Å². The fourth-order valence-corrected chi connectivity index (χ4v) is 3.21. The SMILES string of the molecule is CC(O)C1CCCN(C(=O)c2ccc(OCc3ccccc3)cc2)C1. The van der Waals surface area contributed by atoms with Crippen molar-refractivity contribution in [3.8, 4) is 5.75 Å². The van der Waals surface area contributed by atoms with Gasteiger partial charge in [0.1, 0.15) is 12.4 Å². The zero-order chi connectivity index (χ0) is 17.6. The molecule has 0 bridgehead atoms. The van der Waals surface area contributed by atoms with E-state index in [0.29, 0.717) is 18.7 Å². The third-order valence-corrected chi connectivity index (χ3v) is 4.78. The molecule has 2 unspecified atom stereocenters. The monoisotopic (exact) mass is 339 g/mol. The highest BCUT2D eigenvalue weighted by Gasteiger charge is 2.26. The highest BCUT2D eigenvalue weighted by Crippen LogP contribution is 2.22. The molecular formula is C21H25NO3. The molecule has 1 N–H and O–H groups in total. The predicted molar refractivity (Wildman–Crippen MR) is 97.5 cm³/mol. The van der Waals surface area contributed by atoms with Gasteiger partial charge in [0.25, 0.3) is 5.91 Å². The van der Waals surface area contributed by atoms with Crippen LogP contribution in [0.4, 0.5) is 0 Å². The van der Waals surface area contributed by atoms with Crippen LogP contribution >= 0.6 is 0 Å². The van der Waals surface area contributed by atoms with E-state index >= 15 is 0 Å². The number of aliphatic hydroxyl groups excluding tert-OH is 1. The maximum absolute atomic E-state index is 12.7. The van der Waals surface area contributed by atoms with Crippen molar-refractivity contribution in [3.63, 3.8) is 0 Å². The van der Waals surface area contributed by atoms with Crippen molar-refractivity contribution in [1.82, 2.24) is 4.90 Å². The molecule has 2 aromatic carbocycles. The van der Waals surface area contributed by atoms with E-state index in [9.17, 15) is 9.90 Å². The van der Waals surface area contributed by atoms with Crippen LogP contribution in [0, 0.1) is 5.92 Å². The number of rotatable bonds is 5. The normalized spacial score (nSPS) is 18.6. The van der Waals surface area contributed by atoms with Crippen LogP contribution in [-0.4, -0.2) is 35.1 Å². The van der Waals surface area contributed by atoms with Crippen molar-refractivity contribution in [2.24, 2.45) is 5.92 Å². The number of amides is 1. The van der Waals surface area contributed by atoms with E-state index in [0.717, 1.165) is 30.7 Å². The van der Waals surface area contributed by atoms with Gasteiger partial charge in [-0.15, -0.1) is 0 Å². The van der Waals surface area contributed by atoms with Crippen molar-refractivity contribution in [1.29, 1.82) is 0 Å². The Labute approximate surface area is 149 Å². The first-order chi connectivity index (χ1) is 12.1. The summed E-state index contributed by atoms with van der Waals surface area (Å²) in [6.45, 7) is 3.70. The average molecular weight is 339 g/mol. The van der Waals surface area contributed by atoms with Gasteiger partial charge in [0.15, 0.2) is 0 Å². The molecule has 0 aliphatic carbocycles. The summed E-state index contributed by atoms with van der Waals surface area (Å²) < 4.78 is 5.76. The molecule has 0 saturated carbocycles. The molecule has 4 heteroatoms. The van der Waals surface area contributed by atoms with E-state index in [4.69, 9.17) is 4.74 Å². The van der Waals surface area contributed by atoms with Gasteiger partial charge in [-0.05, 0) is 49.6 Å². The Morgan fingerprint density at radius 3 is 2.60 bits per heavy atom. The fraction of sp³-hybridized carbons (Fsp3) is 0.381. The van der Waals surface area contributed by atoms with Gasteiger partial charge in [-0.25, -0.2) is 0 Å². The van der Waals surface area contributed by atoms with Gasteiger partial charge in [0.2, 0.25) is 0 Å². The molecule has 4 nitrogen and oxygen atoms in total. The number of aliphatic hydroxyl groups is 1. The molecule has 1 aliphatic rings. The van der Waals surface area contributed by atoms with E-state index in [1.54, 1.807) is 6.92 Å². The van der Waals surface area contributed by atoms with Crippen LogP contribution in [0.15, 0.2) is 54.6 Å². The molecule has 2 aromatic rings. The molecule has 132 valence electrons. The van der Waals surface area contributed by atoms with Crippen LogP contribution in [0.5, 0.6) is 5.75 Å². The zero-order valence-electron chi connectivity index (χ0n) is 14.6. The van der Waals surface area contributed by atoms with E-state index < -0.39 is 0 Å². The number of hydrogen-bond acceptors (Lipinski definition) is 3. The van der Waals surface area contributed by atoms with Gasteiger partial charge in [0.05, 0.1) is 6.10 Å². The summed E-state index contributed by atoms with van der Waals surface area (Å²) in [5.74, 6) is 0.951. The quantitative estimate of drug-likeness (QED) is 0.907. The third-order valence-electron chi connectivity index (χ3n) is 4.78. The van der Waals surface area contributed by atoms with Gasteiger partial charge in [-0.3, -0.25) is 4.79 Å². The number of carbonyl (C=O) groups is 1. The third kappa shape index (κ3) is 4.60. The highest BCUT2D eigenvalue weighted by atomic mass is 16.5. The highest BCUT2D eigenvalue weighted by molar-refractivity contribution is 5.94. The lowest BCUT2D eigenvalue weighted by Gasteiger charge is -2.34. The second kappa shape index (κ2) is 8.17. The van der Waals surface area contributed by atoms with E-state index in [-0.39, 0.29) is 17.9 Å². The number of ether oxygens (including phenoxy) is 1. The standard InChI is InChI=1S/C21H25NO3/c1-16(23)19-8-5-13-22(14-19)21(24)18-9-11-20(12-10-18)25-15-17-6-3-2-4-7-17/h2-4,6-7,9-12,16,19,23H,5,8,13-15H2,1H3. The van der Waals surface area contributed by atoms with Crippen LogP contribution in [0.1, 0.15) is 35.7 Å². The van der Waals surface area contributed by atoms with Crippen molar-refractivity contribution < 1.29 is 14.6 Å². The van der Waals surface area contributed by atoms with Crippen LogP contribution in [-0.2, 0) is 6.61 Å². The minimum absolute atomic E-state index is 0.0277. The number of benzene rings is 2. The molecule has 0 radical (unpaired) electrons. The second-order valence-corrected chi connectivity index (χ2v) is 6.69. The van der Waals surface area contributed by atoms with Crippen molar-refractivity contribution in [2.45, 2.75) is 32.5 Å². The predicted octanol–water partition coefficient (Wildman–Crippen LogP) is 3.50. The smallest absolute Gasteiger partial charge is 0.253 e. The number of hydrogen-bond donors (Lipinski definition) is 1. The number of piperidine rings is 1. The first kappa shape index (κ1) is 17.5. The maximum atomic E-state index is 12.7. The molecule has 2 atom stereocenters. The second-order valence-electron chi connectivity index (χ2n) is 6.69. The summed E-state index contributed by atoms with van der Waals surface area (Å²) in [5.41, 5.74) is 1.78. The lowest BCUT2D eigenvalue weighted by Crippen LogP contribution is -2.42. The number of carbonyl (C=O) groups excluding carboxylic acids is 1. The molecule has 3 rings (SSSR count). The molecule has 1 aliphatic heterocycles. The molecule has 1 saturated heterocycles. The Hall–Kier alpha value is -2.33. The average Bonchev–Trinajstić information content (AvgIpc) is 2.67. The molecule has 0 aromatic heterocycles. The van der Waals surface area contributed by atoms with Crippen LogP contribution in [0.2, 0.25) is 0 Å². The molecule has 25 heavy (non-hydrogen) atoms. The summed E-state index contributed by atoms with van der Waals surface area (Å²) in [4.78, 5) is 14.5. The topological polar surface area (TPSA) is 49.8 Å². The molecule has 1 amide bonds. The lowest BCUT2D eigenvalue weighted by atomic mass is 9.93. The van der Waals surface area contributed by atoms with Crippen molar-refractivity contribution in [3.05, 3.63) is 65.7 Å². The van der Waals surface area contributed by atoms with Gasteiger partial charge in [-0.2, -0.15) is 0 Å². The van der Waals surface area contributed by atoms with E-state index in [2.05, 4.69) is 0 Å². The molecule has 1 heterocycles. The van der Waals surface area contributed by atoms with Crippen molar-refractivity contribution >= 4 is 5.91 Å². The summed E-state index contributed by atoms with van der Waals surface area (Å²) in [6.07, 6.45) is 1.55. The Balaban J connectivity index is 1.58. The summed E-state index contributed by atoms with van der Waals surface area (Å²) in [7, 11) is 0. The van der Waals surface area contributed by atoms with Crippen LogP contribution in [0.25, 0.3) is 0 Å². The summed E-state index contributed by atoms with van der Waals surface area (Å²) >= 11 is 0. The minimum atomic E-state index is -0.371. The molecular weight excluding hydrogens is 314 g/mol. The minimum Gasteiger partial charge on any atom is -0.489 e. The number of likely N-dealkylation sites (tertiary alicyclic amines) is 1. The van der Waals surface area contributed by atoms with Gasteiger partial charge < -0.3 is 14.7 Å². The van der Waals surface area contributed by atoms with Crippen molar-refractivity contribution in [2.75, 3.05) is 13.1 Å². The van der Waals surface area contributed by atoms with Gasteiger partial charge >= 0.3 is 0 Å². The van der Waals surface area contributed by atoms with Gasteiger partial charge in [-0.1, -0.05) is 30.3 Å². The Morgan fingerprint density at radius 1 is 1.20 bits per heavy atom. The van der Waals surface area contributed by atoms with Crippen LogP contribution < -0.4 is 4.74 Å². The summed E-state index contributed by atoms with van der Waals surface area (Å²) in [6, 6.07) is 17.3. The largest absolute Gasteiger partial charge is 0.489 e.